The highest BCUT2D eigenvalue weighted by molar-refractivity contribution is 6.04. The number of nitrogens with one attached hydrogen (secondary N) is 1. The maximum atomic E-state index is 13.2. The van der Waals surface area contributed by atoms with Gasteiger partial charge in [-0.05, 0) is 24.3 Å². The van der Waals surface area contributed by atoms with E-state index in [9.17, 15) is 13.6 Å². The molecule has 5 heteroatoms. The van der Waals surface area contributed by atoms with Crippen molar-refractivity contribution in [1.29, 1.82) is 0 Å². The zero-order chi connectivity index (χ0) is 13.1. The smallest absolute Gasteiger partial charge is 0.255 e. The van der Waals surface area contributed by atoms with Gasteiger partial charge < -0.3 is 11.1 Å². The molecule has 18 heavy (non-hydrogen) atoms. The number of amides is 1. The fourth-order valence-corrected chi connectivity index (χ4v) is 1.44. The molecule has 2 rings (SSSR count). The molecule has 92 valence electrons. The fraction of sp³-hybridized carbons (Fsp3) is 0. The van der Waals surface area contributed by atoms with Crippen LogP contribution in [-0.4, -0.2) is 5.91 Å². The molecule has 0 saturated carbocycles. The van der Waals surface area contributed by atoms with Gasteiger partial charge in [0.1, 0.15) is 17.3 Å². The van der Waals surface area contributed by atoms with E-state index in [-0.39, 0.29) is 5.56 Å². The number of carbonyl (C=O) groups excluding carboxylic acids is 1. The molecule has 0 saturated heterocycles. The zero-order valence-corrected chi connectivity index (χ0v) is 9.28. The number of hydrogen-bond acceptors (Lipinski definition) is 2. The highest BCUT2D eigenvalue weighted by Crippen LogP contribution is 2.18. The Hall–Kier alpha value is -2.43. The second-order valence-electron chi connectivity index (χ2n) is 3.67. The third kappa shape index (κ3) is 2.45. The van der Waals surface area contributed by atoms with Crippen molar-refractivity contribution in [3.8, 4) is 0 Å². The van der Waals surface area contributed by atoms with Gasteiger partial charge in [0.25, 0.3) is 5.91 Å². The normalized spacial score (nSPS) is 10.1. The minimum Gasteiger partial charge on any atom is -0.394 e. The van der Waals surface area contributed by atoms with Gasteiger partial charge in [0.05, 0.1) is 0 Å². The summed E-state index contributed by atoms with van der Waals surface area (Å²) >= 11 is 0. The molecule has 0 spiro atoms. The molecule has 3 N–H and O–H groups in total. The Balaban J connectivity index is 2.25. The number of anilines is 2. The van der Waals surface area contributed by atoms with Crippen LogP contribution in [0.5, 0.6) is 0 Å². The molecule has 2 aromatic rings. The van der Waals surface area contributed by atoms with Crippen LogP contribution >= 0.6 is 0 Å². The van der Waals surface area contributed by atoms with Crippen molar-refractivity contribution in [1.82, 2.24) is 0 Å². The lowest BCUT2D eigenvalue weighted by molar-refractivity contribution is 0.102. The van der Waals surface area contributed by atoms with Gasteiger partial charge in [0, 0.05) is 11.3 Å². The summed E-state index contributed by atoms with van der Waals surface area (Å²) in [5.74, 6) is -2.50. The lowest BCUT2D eigenvalue weighted by Gasteiger charge is -2.06. The van der Waals surface area contributed by atoms with Crippen LogP contribution in [0.2, 0.25) is 0 Å². The van der Waals surface area contributed by atoms with E-state index < -0.39 is 23.2 Å². The van der Waals surface area contributed by atoms with E-state index in [0.29, 0.717) is 5.69 Å². The van der Waals surface area contributed by atoms with E-state index in [1.807, 2.05) is 0 Å². The SMILES string of the molecule is Nc1c(F)cc(C(=O)Nc2ccccc2)cc1F. The van der Waals surface area contributed by atoms with Crippen molar-refractivity contribution in [3.05, 3.63) is 59.7 Å². The number of hydrogen-bond donors (Lipinski definition) is 2. The average molecular weight is 248 g/mol. The number of rotatable bonds is 2. The van der Waals surface area contributed by atoms with E-state index in [4.69, 9.17) is 5.73 Å². The first-order valence-corrected chi connectivity index (χ1v) is 5.19. The van der Waals surface area contributed by atoms with Crippen molar-refractivity contribution in [2.75, 3.05) is 11.1 Å². The number of nitrogens with two attached hydrogens (primary N) is 1. The van der Waals surface area contributed by atoms with Gasteiger partial charge >= 0.3 is 0 Å². The number of benzene rings is 2. The van der Waals surface area contributed by atoms with Crippen LogP contribution in [0.25, 0.3) is 0 Å². The maximum Gasteiger partial charge on any atom is 0.255 e. The largest absolute Gasteiger partial charge is 0.394 e. The third-order valence-corrected chi connectivity index (χ3v) is 2.37. The molecule has 3 nitrogen and oxygen atoms in total. The zero-order valence-electron chi connectivity index (χ0n) is 9.28. The first-order valence-electron chi connectivity index (χ1n) is 5.19. The Morgan fingerprint density at radius 2 is 1.61 bits per heavy atom. The van der Waals surface area contributed by atoms with Crippen molar-refractivity contribution in [3.63, 3.8) is 0 Å². The predicted molar refractivity (Wildman–Crippen MR) is 65.2 cm³/mol. The van der Waals surface area contributed by atoms with Gasteiger partial charge in [-0.3, -0.25) is 4.79 Å². The molecule has 0 fully saturated rings. The summed E-state index contributed by atoms with van der Waals surface area (Å²) in [6.45, 7) is 0. The van der Waals surface area contributed by atoms with Crippen molar-refractivity contribution in [2.45, 2.75) is 0 Å². The lowest BCUT2D eigenvalue weighted by Crippen LogP contribution is -2.13. The predicted octanol–water partition coefficient (Wildman–Crippen LogP) is 2.80. The fourth-order valence-electron chi connectivity index (χ4n) is 1.44. The molecule has 0 aliphatic carbocycles. The Morgan fingerprint density at radius 3 is 2.17 bits per heavy atom. The van der Waals surface area contributed by atoms with Gasteiger partial charge in [0.2, 0.25) is 0 Å². The maximum absolute atomic E-state index is 13.2. The summed E-state index contributed by atoms with van der Waals surface area (Å²) in [6, 6.07) is 10.4. The van der Waals surface area contributed by atoms with Gasteiger partial charge in [-0.2, -0.15) is 0 Å². The minimum atomic E-state index is -0.951. The summed E-state index contributed by atoms with van der Waals surface area (Å²) in [4.78, 5) is 11.7. The van der Waals surface area contributed by atoms with Gasteiger partial charge in [-0.1, -0.05) is 18.2 Å². The van der Waals surface area contributed by atoms with Crippen LogP contribution < -0.4 is 11.1 Å². The van der Waals surface area contributed by atoms with Crippen molar-refractivity contribution in [2.24, 2.45) is 0 Å². The van der Waals surface area contributed by atoms with Crippen molar-refractivity contribution < 1.29 is 13.6 Å². The molecular formula is C13H10F2N2O. The molecule has 0 unspecified atom stereocenters. The number of nitrogen functional groups attached to an aromatic ring is 1. The van der Waals surface area contributed by atoms with Crippen LogP contribution in [0.15, 0.2) is 42.5 Å². The molecule has 1 amide bonds. The lowest BCUT2D eigenvalue weighted by atomic mass is 10.1. The Bertz CT molecular complexity index is 562. The first kappa shape index (κ1) is 12.0. The molecule has 0 bridgehead atoms. The van der Waals surface area contributed by atoms with E-state index in [0.717, 1.165) is 12.1 Å². The van der Waals surface area contributed by atoms with E-state index in [1.54, 1.807) is 30.3 Å². The Morgan fingerprint density at radius 1 is 1.06 bits per heavy atom. The van der Waals surface area contributed by atoms with Gasteiger partial charge in [-0.25, -0.2) is 8.78 Å². The van der Waals surface area contributed by atoms with E-state index >= 15 is 0 Å². The van der Waals surface area contributed by atoms with Crippen LogP contribution in [-0.2, 0) is 0 Å². The van der Waals surface area contributed by atoms with Crippen LogP contribution in [0.4, 0.5) is 20.2 Å². The van der Waals surface area contributed by atoms with Crippen LogP contribution in [0, 0.1) is 11.6 Å². The molecule has 0 heterocycles. The van der Waals surface area contributed by atoms with Crippen LogP contribution in [0.1, 0.15) is 10.4 Å². The third-order valence-electron chi connectivity index (χ3n) is 2.37. The standard InChI is InChI=1S/C13H10F2N2O/c14-10-6-8(7-11(15)12(10)16)13(18)17-9-4-2-1-3-5-9/h1-7H,16H2,(H,17,18). The second kappa shape index (κ2) is 4.83. The number of para-hydroxylation sites is 1. The minimum absolute atomic E-state index is 0.122. The number of carbonyl (C=O) groups is 1. The summed E-state index contributed by atoms with van der Waals surface area (Å²) in [7, 11) is 0. The molecule has 2 aromatic carbocycles. The van der Waals surface area contributed by atoms with Gasteiger partial charge in [0.15, 0.2) is 0 Å². The van der Waals surface area contributed by atoms with Crippen LogP contribution in [0.3, 0.4) is 0 Å². The van der Waals surface area contributed by atoms with E-state index in [1.165, 1.54) is 0 Å². The topological polar surface area (TPSA) is 55.1 Å². The highest BCUT2D eigenvalue weighted by Gasteiger charge is 2.13. The van der Waals surface area contributed by atoms with E-state index in [2.05, 4.69) is 5.32 Å². The summed E-state index contributed by atoms with van der Waals surface area (Å²) in [6.07, 6.45) is 0. The second-order valence-corrected chi connectivity index (χ2v) is 3.67. The first-order chi connectivity index (χ1) is 8.58. The summed E-state index contributed by atoms with van der Waals surface area (Å²) in [5, 5.41) is 2.52. The quantitative estimate of drug-likeness (QED) is 0.803. The molecule has 0 aliphatic rings. The summed E-state index contributed by atoms with van der Waals surface area (Å²) in [5.41, 5.74) is 4.95. The van der Waals surface area contributed by atoms with Crippen molar-refractivity contribution >= 4 is 17.3 Å². The molecule has 0 radical (unpaired) electrons. The average Bonchev–Trinajstić information content (AvgIpc) is 2.36. The Labute approximate surface area is 102 Å². The molecule has 0 atom stereocenters. The monoisotopic (exact) mass is 248 g/mol. The summed E-state index contributed by atoms with van der Waals surface area (Å²) < 4.78 is 26.4. The van der Waals surface area contributed by atoms with Gasteiger partial charge in [-0.15, -0.1) is 0 Å². The number of halogens is 2. The Kier molecular flexibility index (Phi) is 3.23. The molecule has 0 aromatic heterocycles. The molecule has 0 aliphatic heterocycles. The highest BCUT2D eigenvalue weighted by atomic mass is 19.1. The molecular weight excluding hydrogens is 238 g/mol.